The van der Waals surface area contributed by atoms with Gasteiger partial charge in [-0.15, -0.1) is 0 Å². The van der Waals surface area contributed by atoms with Crippen LogP contribution in [0.25, 0.3) is 0 Å². The Morgan fingerprint density at radius 2 is 1.69 bits per heavy atom. The molecule has 29 heavy (non-hydrogen) atoms. The third-order valence-corrected chi connectivity index (χ3v) is 7.16. The molecule has 1 heterocycles. The van der Waals surface area contributed by atoms with Gasteiger partial charge in [0, 0.05) is 29.9 Å². The van der Waals surface area contributed by atoms with Gasteiger partial charge in [-0.2, -0.15) is 4.31 Å². The largest absolute Gasteiger partial charge is 0.366 e. The number of nitrogens with one attached hydrogen (secondary N) is 1. The van der Waals surface area contributed by atoms with Gasteiger partial charge in [-0.05, 0) is 67.6 Å². The Labute approximate surface area is 171 Å². The number of aryl methyl sites for hydroxylation is 1. The second kappa shape index (κ2) is 8.34. The third-order valence-electron chi connectivity index (χ3n) is 5.26. The molecule has 3 N–H and O–H groups in total. The normalized spacial score (nSPS) is 15.8. The molecule has 7 nitrogen and oxygen atoms in total. The Kier molecular flexibility index (Phi) is 6.04. The van der Waals surface area contributed by atoms with Gasteiger partial charge in [-0.3, -0.25) is 9.59 Å². The van der Waals surface area contributed by atoms with Crippen LogP contribution in [0.1, 0.15) is 46.0 Å². The number of hydrogen-bond acceptors (Lipinski definition) is 4. The van der Waals surface area contributed by atoms with E-state index in [2.05, 4.69) is 12.2 Å². The fraction of sp³-hybridized carbons (Fsp3) is 0.333. The van der Waals surface area contributed by atoms with Crippen molar-refractivity contribution in [1.29, 1.82) is 0 Å². The number of benzene rings is 2. The van der Waals surface area contributed by atoms with Gasteiger partial charge in [-0.1, -0.05) is 13.0 Å². The molecule has 8 heteroatoms. The minimum Gasteiger partial charge on any atom is -0.366 e. The van der Waals surface area contributed by atoms with E-state index in [-0.39, 0.29) is 10.5 Å². The first-order valence-electron chi connectivity index (χ1n) is 9.50. The van der Waals surface area contributed by atoms with Crippen LogP contribution in [0.2, 0.25) is 0 Å². The van der Waals surface area contributed by atoms with Crippen LogP contribution >= 0.6 is 0 Å². The van der Waals surface area contributed by atoms with Gasteiger partial charge in [0.25, 0.3) is 5.91 Å². The maximum Gasteiger partial charge on any atom is 0.255 e. The zero-order valence-electron chi connectivity index (χ0n) is 16.5. The minimum atomic E-state index is -3.64. The maximum atomic E-state index is 13.0. The lowest BCUT2D eigenvalue weighted by molar-refractivity contribution is 0.0998. The fourth-order valence-corrected chi connectivity index (χ4v) is 4.79. The number of nitrogens with two attached hydrogens (primary N) is 1. The molecular weight excluding hydrogens is 390 g/mol. The van der Waals surface area contributed by atoms with E-state index in [0.717, 1.165) is 12.8 Å². The number of rotatable bonds is 5. The van der Waals surface area contributed by atoms with Crippen molar-refractivity contribution in [3.8, 4) is 0 Å². The van der Waals surface area contributed by atoms with Crippen molar-refractivity contribution in [2.45, 2.75) is 31.6 Å². The van der Waals surface area contributed by atoms with Gasteiger partial charge in [-0.25, -0.2) is 8.42 Å². The van der Waals surface area contributed by atoms with Crippen LogP contribution in [0, 0.1) is 12.8 Å². The van der Waals surface area contributed by atoms with Crippen LogP contribution in [0.3, 0.4) is 0 Å². The highest BCUT2D eigenvalue weighted by atomic mass is 32.2. The molecule has 0 radical (unpaired) electrons. The zero-order chi connectivity index (χ0) is 21.2. The van der Waals surface area contributed by atoms with Crippen LogP contribution < -0.4 is 11.1 Å². The molecule has 1 aliphatic heterocycles. The summed E-state index contributed by atoms with van der Waals surface area (Å²) in [7, 11) is -3.64. The molecule has 1 fully saturated rings. The Bertz CT molecular complexity index is 1020. The predicted octanol–water partition coefficient (Wildman–Crippen LogP) is 2.77. The summed E-state index contributed by atoms with van der Waals surface area (Å²) in [6.45, 7) is 4.86. The lowest BCUT2D eigenvalue weighted by Crippen LogP contribution is -2.38. The maximum absolute atomic E-state index is 13.0. The van der Waals surface area contributed by atoms with Crippen LogP contribution in [-0.2, 0) is 10.0 Å². The van der Waals surface area contributed by atoms with Gasteiger partial charge in [0.2, 0.25) is 15.9 Å². The lowest BCUT2D eigenvalue weighted by Gasteiger charge is -2.29. The van der Waals surface area contributed by atoms with Crippen LogP contribution in [0.4, 0.5) is 5.69 Å². The molecule has 3 rings (SSSR count). The number of nitrogens with zero attached hydrogens (tertiary/aromatic N) is 1. The molecule has 0 unspecified atom stereocenters. The molecule has 2 aromatic rings. The molecule has 2 aromatic carbocycles. The van der Waals surface area contributed by atoms with Gasteiger partial charge < -0.3 is 11.1 Å². The highest BCUT2D eigenvalue weighted by molar-refractivity contribution is 7.89. The van der Waals surface area contributed by atoms with Crippen LogP contribution in [0.5, 0.6) is 0 Å². The van der Waals surface area contributed by atoms with Crippen molar-refractivity contribution in [2.24, 2.45) is 11.7 Å². The molecule has 0 aliphatic carbocycles. The second-order valence-electron chi connectivity index (χ2n) is 7.46. The van der Waals surface area contributed by atoms with E-state index < -0.39 is 21.8 Å². The Morgan fingerprint density at radius 3 is 2.28 bits per heavy atom. The van der Waals surface area contributed by atoms with Crippen molar-refractivity contribution in [2.75, 3.05) is 18.4 Å². The van der Waals surface area contributed by atoms with Crippen molar-refractivity contribution >= 4 is 27.5 Å². The summed E-state index contributed by atoms with van der Waals surface area (Å²) in [5.41, 5.74) is 6.99. The third kappa shape index (κ3) is 4.65. The summed E-state index contributed by atoms with van der Waals surface area (Å²) in [6, 6.07) is 10.8. The zero-order valence-corrected chi connectivity index (χ0v) is 17.3. The predicted molar refractivity (Wildman–Crippen MR) is 111 cm³/mol. The number of anilines is 1. The first-order valence-corrected chi connectivity index (χ1v) is 10.9. The summed E-state index contributed by atoms with van der Waals surface area (Å²) in [6.07, 6.45) is 1.67. The number of carbonyl (C=O) groups is 2. The molecule has 0 aromatic heterocycles. The highest BCUT2D eigenvalue weighted by Crippen LogP contribution is 2.25. The van der Waals surface area contributed by atoms with E-state index in [4.69, 9.17) is 5.73 Å². The molecule has 0 bridgehead atoms. The molecule has 0 spiro atoms. The quantitative estimate of drug-likeness (QED) is 0.782. The molecule has 0 atom stereocenters. The average Bonchev–Trinajstić information content (AvgIpc) is 2.68. The van der Waals surface area contributed by atoms with Crippen molar-refractivity contribution in [3.05, 3.63) is 59.2 Å². The Balaban J connectivity index is 1.82. The molecule has 154 valence electrons. The number of primary amides is 1. The summed E-state index contributed by atoms with van der Waals surface area (Å²) >= 11 is 0. The van der Waals surface area contributed by atoms with Crippen LogP contribution in [-0.4, -0.2) is 37.6 Å². The topological polar surface area (TPSA) is 110 Å². The molecule has 0 saturated carbocycles. The van der Waals surface area contributed by atoms with Crippen molar-refractivity contribution in [3.63, 3.8) is 0 Å². The Morgan fingerprint density at radius 1 is 1.07 bits per heavy atom. The van der Waals surface area contributed by atoms with E-state index in [1.807, 2.05) is 0 Å². The summed E-state index contributed by atoms with van der Waals surface area (Å²) in [5.74, 6) is -0.455. The van der Waals surface area contributed by atoms with E-state index in [9.17, 15) is 18.0 Å². The van der Waals surface area contributed by atoms with Crippen LogP contribution in [0.15, 0.2) is 47.4 Å². The summed E-state index contributed by atoms with van der Waals surface area (Å²) in [4.78, 5) is 24.0. The van der Waals surface area contributed by atoms with Gasteiger partial charge in [0.05, 0.1) is 4.90 Å². The first kappa shape index (κ1) is 21.0. The average molecular weight is 416 g/mol. The van der Waals surface area contributed by atoms with Gasteiger partial charge in [0.1, 0.15) is 0 Å². The van der Waals surface area contributed by atoms with E-state index in [0.29, 0.717) is 35.8 Å². The van der Waals surface area contributed by atoms with Gasteiger partial charge in [0.15, 0.2) is 0 Å². The summed E-state index contributed by atoms with van der Waals surface area (Å²) < 4.78 is 27.5. The number of carbonyl (C=O) groups excluding carboxylic acids is 2. The second-order valence-corrected chi connectivity index (χ2v) is 9.40. The number of piperidine rings is 1. The Hall–Kier alpha value is -2.71. The van der Waals surface area contributed by atoms with Crippen molar-refractivity contribution < 1.29 is 18.0 Å². The smallest absolute Gasteiger partial charge is 0.255 e. The minimum absolute atomic E-state index is 0.117. The first-order chi connectivity index (χ1) is 13.7. The van der Waals surface area contributed by atoms with Crippen molar-refractivity contribution in [1.82, 2.24) is 4.31 Å². The van der Waals surface area contributed by atoms with E-state index in [1.54, 1.807) is 31.2 Å². The fourth-order valence-electron chi connectivity index (χ4n) is 3.30. The van der Waals surface area contributed by atoms with E-state index >= 15 is 0 Å². The SMILES string of the molecule is Cc1ccc(S(=O)(=O)N2CCC(C)CC2)cc1C(=O)Nc1ccc(C(N)=O)cc1. The summed E-state index contributed by atoms with van der Waals surface area (Å²) in [5, 5.41) is 2.73. The number of sulfonamides is 1. The molecule has 1 saturated heterocycles. The monoisotopic (exact) mass is 415 g/mol. The standard InChI is InChI=1S/C21H25N3O4S/c1-14-9-11-24(12-10-14)29(27,28)18-8-3-15(2)19(13-18)21(26)23-17-6-4-16(5-7-17)20(22)25/h3-8,13-14H,9-12H2,1-2H3,(H2,22,25)(H,23,26). The molecule has 2 amide bonds. The number of amides is 2. The lowest BCUT2D eigenvalue weighted by atomic mass is 10.0. The molecular formula is C21H25N3O4S. The highest BCUT2D eigenvalue weighted by Gasteiger charge is 2.29. The van der Waals surface area contributed by atoms with E-state index in [1.165, 1.54) is 22.5 Å². The molecule has 1 aliphatic rings. The van der Waals surface area contributed by atoms with Gasteiger partial charge >= 0.3 is 0 Å². The number of hydrogen-bond donors (Lipinski definition) is 2.